The highest BCUT2D eigenvalue weighted by Crippen LogP contribution is 2.38. The van der Waals surface area contributed by atoms with Crippen LogP contribution in [0.1, 0.15) is 0 Å². The molecule has 0 saturated heterocycles. The maximum atomic E-state index is 5.30. The van der Waals surface area contributed by atoms with Crippen molar-refractivity contribution in [3.63, 3.8) is 0 Å². The number of nitrogens with zero attached hydrogens (tertiary/aromatic N) is 5. The van der Waals surface area contributed by atoms with Crippen molar-refractivity contribution in [1.82, 2.24) is 24.3 Å². The molecule has 314 valence electrons. The maximum absolute atomic E-state index is 5.30. The summed E-state index contributed by atoms with van der Waals surface area (Å²) in [4.78, 5) is 20.9. The van der Waals surface area contributed by atoms with Crippen LogP contribution >= 0.6 is 0 Å². The average Bonchev–Trinajstić information content (AvgIpc) is 3.76. The summed E-state index contributed by atoms with van der Waals surface area (Å²) < 4.78 is 2.23. The topological polar surface area (TPSA) is 56.0 Å². The Morgan fingerprint density at radius 3 is 1.04 bits per heavy atom. The second kappa shape index (κ2) is 17.1. The number of hydrogen-bond acceptors (Lipinski definition) is 4. The first-order valence-electron chi connectivity index (χ1n) is 22.5. The summed E-state index contributed by atoms with van der Waals surface area (Å²) in [5.41, 5.74) is 16.6. The van der Waals surface area contributed by atoms with Crippen LogP contribution in [0, 0.1) is 0 Å². The van der Waals surface area contributed by atoms with Gasteiger partial charge >= 0.3 is 0 Å². The largest absolute Gasteiger partial charge is 0.277 e. The molecule has 0 aliphatic carbocycles. The summed E-state index contributed by atoms with van der Waals surface area (Å²) in [6, 6.07) is 86.8. The first-order chi connectivity index (χ1) is 33.2. The molecular weight excluding hydrogens is 815 g/mol. The Bertz CT molecular complexity index is 3560. The van der Waals surface area contributed by atoms with E-state index in [4.69, 9.17) is 19.9 Å². The van der Waals surface area contributed by atoms with E-state index in [2.05, 4.69) is 223 Å². The lowest BCUT2D eigenvalue weighted by molar-refractivity contribution is 1.05. The standard InChI is InChI=1S/C62H41N5/c1-5-15-42(16-6-1)44-25-33-48(34-26-44)56-41-57(64-59(63-56)52-37-29-45(30-38-52)43-17-7-2-8-18-43)49-35-27-46(28-36-49)47-31-39-53(40-32-47)61-65-60(51-21-11-4-12-22-51)66-62-55-24-14-13-23-54(55)58(67(61)62)50-19-9-3-10-20-50/h1-41H. The lowest BCUT2D eigenvalue weighted by atomic mass is 9.99. The Morgan fingerprint density at radius 1 is 0.239 bits per heavy atom. The Morgan fingerprint density at radius 2 is 0.567 bits per heavy atom. The van der Waals surface area contributed by atoms with E-state index >= 15 is 0 Å². The van der Waals surface area contributed by atoms with Gasteiger partial charge in [-0.25, -0.2) is 19.9 Å². The maximum Gasteiger partial charge on any atom is 0.163 e. The van der Waals surface area contributed by atoms with Crippen LogP contribution in [0.2, 0.25) is 0 Å². The fraction of sp³-hybridized carbons (Fsp3) is 0. The summed E-state index contributed by atoms with van der Waals surface area (Å²) in [6.45, 7) is 0. The molecule has 0 radical (unpaired) electrons. The number of aromatic nitrogens is 5. The second-order valence-corrected chi connectivity index (χ2v) is 16.7. The molecule has 0 aliphatic heterocycles. The molecule has 0 saturated carbocycles. The van der Waals surface area contributed by atoms with Gasteiger partial charge in [-0.1, -0.05) is 243 Å². The summed E-state index contributed by atoms with van der Waals surface area (Å²) in [5.74, 6) is 2.20. The molecule has 0 amide bonds. The van der Waals surface area contributed by atoms with Crippen LogP contribution in [0.15, 0.2) is 249 Å². The van der Waals surface area contributed by atoms with Gasteiger partial charge in [0.05, 0.1) is 17.1 Å². The zero-order chi connectivity index (χ0) is 44.5. The molecule has 0 spiro atoms. The van der Waals surface area contributed by atoms with Gasteiger partial charge in [0.25, 0.3) is 0 Å². The molecule has 0 bridgehead atoms. The molecule has 3 aromatic heterocycles. The third-order valence-corrected chi connectivity index (χ3v) is 12.5. The van der Waals surface area contributed by atoms with Gasteiger partial charge in [-0.2, -0.15) is 0 Å². The van der Waals surface area contributed by atoms with Crippen LogP contribution in [-0.2, 0) is 0 Å². The lowest BCUT2D eigenvalue weighted by Gasteiger charge is -2.13. The normalized spacial score (nSPS) is 11.3. The van der Waals surface area contributed by atoms with E-state index in [1.165, 1.54) is 11.1 Å². The van der Waals surface area contributed by atoms with Gasteiger partial charge in [-0.15, -0.1) is 0 Å². The molecule has 12 aromatic rings. The van der Waals surface area contributed by atoms with Gasteiger partial charge in [-0.3, -0.25) is 4.40 Å². The highest BCUT2D eigenvalue weighted by molar-refractivity contribution is 6.06. The van der Waals surface area contributed by atoms with Crippen molar-refractivity contribution in [3.05, 3.63) is 249 Å². The second-order valence-electron chi connectivity index (χ2n) is 16.7. The lowest BCUT2D eigenvalue weighted by Crippen LogP contribution is -2.03. The summed E-state index contributed by atoms with van der Waals surface area (Å²) in [7, 11) is 0. The molecule has 0 fully saturated rings. The predicted octanol–water partition coefficient (Wildman–Crippen LogP) is 15.7. The fourth-order valence-electron chi connectivity index (χ4n) is 9.04. The van der Waals surface area contributed by atoms with Crippen molar-refractivity contribution >= 4 is 16.4 Å². The van der Waals surface area contributed by atoms with Gasteiger partial charge in [0, 0.05) is 38.6 Å². The minimum Gasteiger partial charge on any atom is -0.277 e. The molecule has 0 N–H and O–H groups in total. The SMILES string of the molecule is c1ccc(-c2ccc(-c3cc(-c4ccc(-c5ccc(-c6nc(-c7ccccc7)nc7c8ccccc8c(-c8ccccc8)n67)cc5)cc4)nc(-c4ccc(-c5ccccc5)cc4)n3)cc2)cc1. The monoisotopic (exact) mass is 855 g/mol. The van der Waals surface area contributed by atoms with E-state index in [1.54, 1.807) is 0 Å². The molecule has 0 unspecified atom stereocenters. The van der Waals surface area contributed by atoms with Crippen molar-refractivity contribution in [3.8, 4) is 101 Å². The summed E-state index contributed by atoms with van der Waals surface area (Å²) >= 11 is 0. The zero-order valence-corrected chi connectivity index (χ0v) is 36.4. The number of benzene rings is 9. The minimum atomic E-state index is 0.680. The smallest absolute Gasteiger partial charge is 0.163 e. The number of rotatable bonds is 9. The van der Waals surface area contributed by atoms with Crippen molar-refractivity contribution in [2.45, 2.75) is 0 Å². The summed E-state index contributed by atoms with van der Waals surface area (Å²) in [6.07, 6.45) is 0. The molecule has 67 heavy (non-hydrogen) atoms. The van der Waals surface area contributed by atoms with Gasteiger partial charge in [-0.05, 0) is 45.0 Å². The van der Waals surface area contributed by atoms with E-state index in [0.717, 1.165) is 95.0 Å². The molecule has 12 rings (SSSR count). The van der Waals surface area contributed by atoms with Crippen LogP contribution < -0.4 is 0 Å². The third kappa shape index (κ3) is 7.64. The molecule has 5 heteroatoms. The van der Waals surface area contributed by atoms with Crippen molar-refractivity contribution in [1.29, 1.82) is 0 Å². The van der Waals surface area contributed by atoms with E-state index in [-0.39, 0.29) is 0 Å². The van der Waals surface area contributed by atoms with Crippen molar-refractivity contribution in [2.75, 3.05) is 0 Å². The van der Waals surface area contributed by atoms with E-state index in [9.17, 15) is 0 Å². The Labute approximate surface area is 389 Å². The van der Waals surface area contributed by atoms with Crippen LogP contribution in [0.25, 0.3) is 118 Å². The van der Waals surface area contributed by atoms with E-state index < -0.39 is 0 Å². The first kappa shape index (κ1) is 39.5. The van der Waals surface area contributed by atoms with E-state index in [0.29, 0.717) is 11.6 Å². The molecule has 5 nitrogen and oxygen atoms in total. The molecule has 0 aliphatic rings. The zero-order valence-electron chi connectivity index (χ0n) is 36.4. The van der Waals surface area contributed by atoms with Crippen LogP contribution in [0.4, 0.5) is 0 Å². The highest BCUT2D eigenvalue weighted by atomic mass is 15.1. The van der Waals surface area contributed by atoms with Crippen LogP contribution in [0.3, 0.4) is 0 Å². The Hall–Kier alpha value is -9.06. The third-order valence-electron chi connectivity index (χ3n) is 12.5. The molecule has 3 heterocycles. The Balaban J connectivity index is 0.912. The van der Waals surface area contributed by atoms with Crippen LogP contribution in [0.5, 0.6) is 0 Å². The van der Waals surface area contributed by atoms with Gasteiger partial charge in [0.15, 0.2) is 11.6 Å². The molecule has 0 atom stereocenters. The molecule has 9 aromatic carbocycles. The van der Waals surface area contributed by atoms with E-state index in [1.807, 2.05) is 30.3 Å². The number of hydrogen-bond donors (Lipinski definition) is 0. The van der Waals surface area contributed by atoms with Gasteiger partial charge in [0.2, 0.25) is 0 Å². The highest BCUT2D eigenvalue weighted by Gasteiger charge is 2.21. The van der Waals surface area contributed by atoms with Crippen molar-refractivity contribution < 1.29 is 0 Å². The van der Waals surface area contributed by atoms with Gasteiger partial charge in [0.1, 0.15) is 11.5 Å². The summed E-state index contributed by atoms with van der Waals surface area (Å²) in [5, 5.41) is 2.22. The average molecular weight is 856 g/mol. The predicted molar refractivity (Wildman–Crippen MR) is 275 cm³/mol. The fourth-order valence-corrected chi connectivity index (χ4v) is 9.04. The quantitative estimate of drug-likeness (QED) is 0.145. The first-order valence-corrected chi connectivity index (χ1v) is 22.5. The van der Waals surface area contributed by atoms with Crippen molar-refractivity contribution in [2.24, 2.45) is 0 Å². The van der Waals surface area contributed by atoms with Crippen LogP contribution in [-0.4, -0.2) is 24.3 Å². The van der Waals surface area contributed by atoms with Gasteiger partial charge < -0.3 is 0 Å². The Kier molecular flexibility index (Phi) is 10.1. The molecular formula is C62H41N5. The number of fused-ring (bicyclic) bond motifs is 3. The minimum absolute atomic E-state index is 0.680.